The Bertz CT molecular complexity index is 876. The number of hydrogen-bond acceptors (Lipinski definition) is 1. The van der Waals surface area contributed by atoms with Crippen molar-refractivity contribution in [2.45, 2.75) is 6.54 Å². The SMILES string of the molecule is C=C1c2cc(Cl)ccc2CN1c1ccc2c(ccn2C)c1. The standard InChI is InChI=1S/C18H15ClN2/c1-12-17-10-15(19)4-3-14(17)11-21(12)16-5-6-18-13(9-16)7-8-20(18)2/h3-10H,1,11H2,2H3. The van der Waals surface area contributed by atoms with Crippen LogP contribution >= 0.6 is 11.6 Å². The van der Waals surface area contributed by atoms with E-state index >= 15 is 0 Å². The van der Waals surface area contributed by atoms with Crippen LogP contribution in [-0.4, -0.2) is 4.57 Å². The summed E-state index contributed by atoms with van der Waals surface area (Å²) in [6.45, 7) is 5.09. The molecule has 0 bridgehead atoms. The van der Waals surface area contributed by atoms with E-state index in [0.29, 0.717) is 0 Å². The van der Waals surface area contributed by atoms with E-state index in [0.717, 1.165) is 22.8 Å². The summed E-state index contributed by atoms with van der Waals surface area (Å²) in [5.74, 6) is 0. The fourth-order valence-electron chi connectivity index (χ4n) is 3.05. The van der Waals surface area contributed by atoms with Crippen molar-refractivity contribution in [3.05, 3.63) is 71.4 Å². The van der Waals surface area contributed by atoms with Crippen LogP contribution in [0.2, 0.25) is 5.02 Å². The second-order valence-corrected chi connectivity index (χ2v) is 5.94. The van der Waals surface area contributed by atoms with E-state index in [4.69, 9.17) is 11.6 Å². The average molecular weight is 295 g/mol. The van der Waals surface area contributed by atoms with Gasteiger partial charge in [0.15, 0.2) is 0 Å². The zero-order valence-corrected chi connectivity index (χ0v) is 12.6. The van der Waals surface area contributed by atoms with Crippen molar-refractivity contribution in [1.29, 1.82) is 0 Å². The zero-order valence-electron chi connectivity index (χ0n) is 11.8. The Morgan fingerprint density at radius 1 is 1.10 bits per heavy atom. The highest BCUT2D eigenvalue weighted by Crippen LogP contribution is 2.37. The van der Waals surface area contributed by atoms with Crippen LogP contribution in [0.5, 0.6) is 0 Å². The molecule has 0 unspecified atom stereocenters. The van der Waals surface area contributed by atoms with E-state index < -0.39 is 0 Å². The lowest BCUT2D eigenvalue weighted by Gasteiger charge is -2.19. The summed E-state index contributed by atoms with van der Waals surface area (Å²) in [7, 11) is 2.06. The molecule has 1 aliphatic rings. The first-order chi connectivity index (χ1) is 10.1. The molecule has 0 N–H and O–H groups in total. The molecular weight excluding hydrogens is 280 g/mol. The fraction of sp³-hybridized carbons (Fsp3) is 0.111. The maximum Gasteiger partial charge on any atom is 0.0488 e. The number of benzene rings is 2. The highest BCUT2D eigenvalue weighted by molar-refractivity contribution is 6.30. The quantitative estimate of drug-likeness (QED) is 0.624. The molecule has 104 valence electrons. The van der Waals surface area contributed by atoms with Crippen molar-refractivity contribution in [1.82, 2.24) is 4.57 Å². The van der Waals surface area contributed by atoms with E-state index in [1.54, 1.807) is 0 Å². The molecule has 0 saturated carbocycles. The summed E-state index contributed by atoms with van der Waals surface area (Å²) in [4.78, 5) is 2.24. The Labute approximate surface area is 128 Å². The number of rotatable bonds is 1. The summed E-state index contributed by atoms with van der Waals surface area (Å²) in [6.07, 6.45) is 2.09. The largest absolute Gasteiger partial charge is 0.351 e. The maximum absolute atomic E-state index is 6.10. The Kier molecular flexibility index (Phi) is 2.63. The van der Waals surface area contributed by atoms with Crippen molar-refractivity contribution in [3.8, 4) is 0 Å². The molecule has 0 atom stereocenters. The Morgan fingerprint density at radius 2 is 1.95 bits per heavy atom. The molecule has 0 spiro atoms. The summed E-state index contributed by atoms with van der Waals surface area (Å²) in [5, 5.41) is 2.01. The van der Waals surface area contributed by atoms with Gasteiger partial charge in [-0.1, -0.05) is 24.2 Å². The van der Waals surface area contributed by atoms with E-state index in [9.17, 15) is 0 Å². The number of anilines is 1. The molecule has 21 heavy (non-hydrogen) atoms. The van der Waals surface area contributed by atoms with E-state index in [2.05, 4.69) is 59.6 Å². The molecule has 1 aliphatic heterocycles. The number of aromatic nitrogens is 1. The summed E-state index contributed by atoms with van der Waals surface area (Å²) < 4.78 is 2.13. The third-order valence-electron chi connectivity index (χ3n) is 4.22. The minimum atomic E-state index is 0.760. The minimum absolute atomic E-state index is 0.760. The van der Waals surface area contributed by atoms with Gasteiger partial charge < -0.3 is 9.47 Å². The normalized spacial score (nSPS) is 14.0. The second-order valence-electron chi connectivity index (χ2n) is 5.50. The number of nitrogens with zero attached hydrogens (tertiary/aromatic N) is 2. The van der Waals surface area contributed by atoms with Crippen LogP contribution in [-0.2, 0) is 13.6 Å². The van der Waals surface area contributed by atoms with E-state index in [1.165, 1.54) is 22.2 Å². The van der Waals surface area contributed by atoms with Crippen LogP contribution in [0.4, 0.5) is 5.69 Å². The van der Waals surface area contributed by atoms with Gasteiger partial charge in [0, 0.05) is 52.7 Å². The van der Waals surface area contributed by atoms with Crippen molar-refractivity contribution in [2.24, 2.45) is 7.05 Å². The molecule has 3 aromatic rings. The van der Waals surface area contributed by atoms with Crippen LogP contribution in [0.3, 0.4) is 0 Å². The number of fused-ring (bicyclic) bond motifs is 2. The van der Waals surface area contributed by atoms with Gasteiger partial charge >= 0.3 is 0 Å². The topological polar surface area (TPSA) is 8.17 Å². The third-order valence-corrected chi connectivity index (χ3v) is 4.45. The van der Waals surface area contributed by atoms with Gasteiger partial charge in [0.1, 0.15) is 0 Å². The predicted octanol–water partition coefficient (Wildman–Crippen LogP) is 4.82. The zero-order chi connectivity index (χ0) is 14.6. The van der Waals surface area contributed by atoms with Crippen LogP contribution < -0.4 is 4.90 Å². The first kappa shape index (κ1) is 12.5. The first-order valence-electron chi connectivity index (χ1n) is 6.94. The maximum atomic E-state index is 6.10. The van der Waals surface area contributed by atoms with Gasteiger partial charge in [0.25, 0.3) is 0 Å². The van der Waals surface area contributed by atoms with Crippen molar-refractivity contribution in [3.63, 3.8) is 0 Å². The Morgan fingerprint density at radius 3 is 2.81 bits per heavy atom. The van der Waals surface area contributed by atoms with Crippen molar-refractivity contribution >= 4 is 33.9 Å². The van der Waals surface area contributed by atoms with Gasteiger partial charge in [0.2, 0.25) is 0 Å². The molecular formula is C18H15ClN2. The molecule has 4 rings (SSSR count). The molecule has 0 saturated heterocycles. The van der Waals surface area contributed by atoms with Crippen LogP contribution in [0.25, 0.3) is 16.6 Å². The third kappa shape index (κ3) is 1.87. The smallest absolute Gasteiger partial charge is 0.0488 e. The molecule has 2 nitrogen and oxygen atoms in total. The highest BCUT2D eigenvalue weighted by Gasteiger charge is 2.23. The highest BCUT2D eigenvalue weighted by atomic mass is 35.5. The van der Waals surface area contributed by atoms with Gasteiger partial charge in [0.05, 0.1) is 0 Å². The van der Waals surface area contributed by atoms with Gasteiger partial charge in [-0.25, -0.2) is 0 Å². The molecule has 3 heteroatoms. The van der Waals surface area contributed by atoms with Gasteiger partial charge in [-0.15, -0.1) is 0 Å². The molecule has 0 fully saturated rings. The minimum Gasteiger partial charge on any atom is -0.351 e. The van der Waals surface area contributed by atoms with Gasteiger partial charge in [-0.3, -0.25) is 0 Å². The number of hydrogen-bond donors (Lipinski definition) is 0. The monoisotopic (exact) mass is 294 g/mol. The average Bonchev–Trinajstić information content (AvgIpc) is 3.01. The predicted molar refractivity (Wildman–Crippen MR) is 89.6 cm³/mol. The van der Waals surface area contributed by atoms with Crippen LogP contribution in [0.15, 0.2) is 55.2 Å². The van der Waals surface area contributed by atoms with Crippen LogP contribution in [0, 0.1) is 0 Å². The molecule has 0 aliphatic carbocycles. The molecule has 0 radical (unpaired) electrons. The molecule has 2 heterocycles. The van der Waals surface area contributed by atoms with Gasteiger partial charge in [-0.2, -0.15) is 0 Å². The summed E-state index contributed by atoms with van der Waals surface area (Å²) in [5.41, 5.74) is 5.85. The molecule has 0 amide bonds. The van der Waals surface area contributed by atoms with Crippen LogP contribution in [0.1, 0.15) is 11.1 Å². The lowest BCUT2D eigenvalue weighted by molar-refractivity contribution is 0.968. The second kappa shape index (κ2) is 4.40. The molecule has 1 aromatic heterocycles. The first-order valence-corrected chi connectivity index (χ1v) is 7.31. The van der Waals surface area contributed by atoms with E-state index in [1.807, 2.05) is 12.1 Å². The fourth-order valence-corrected chi connectivity index (χ4v) is 3.22. The van der Waals surface area contributed by atoms with Gasteiger partial charge in [-0.05, 0) is 42.0 Å². The molecule has 2 aromatic carbocycles. The van der Waals surface area contributed by atoms with E-state index in [-0.39, 0.29) is 0 Å². The number of aryl methyl sites for hydroxylation is 1. The van der Waals surface area contributed by atoms with Crippen molar-refractivity contribution in [2.75, 3.05) is 4.90 Å². The number of halogens is 1. The Hall–Kier alpha value is -2.19. The summed E-state index contributed by atoms with van der Waals surface area (Å²) in [6, 6.07) is 14.7. The summed E-state index contributed by atoms with van der Waals surface area (Å²) >= 11 is 6.10. The lowest BCUT2D eigenvalue weighted by Crippen LogP contribution is -2.12. The lowest BCUT2D eigenvalue weighted by atomic mass is 10.1. The van der Waals surface area contributed by atoms with Crippen molar-refractivity contribution < 1.29 is 0 Å². The Balaban J connectivity index is 1.78.